The Kier molecular flexibility index (Phi) is 9.81. The highest BCUT2D eigenvalue weighted by Gasteiger charge is 2.19. The van der Waals surface area contributed by atoms with Gasteiger partial charge in [0.25, 0.3) is 0 Å². The maximum absolute atomic E-state index is 12.3. The first-order valence-corrected chi connectivity index (χ1v) is 9.07. The number of unbranched alkanes of at least 4 members (excludes halogenated alkanes) is 3. The van der Waals surface area contributed by atoms with Crippen LogP contribution in [0.4, 0.5) is 0 Å². The van der Waals surface area contributed by atoms with Crippen molar-refractivity contribution in [1.29, 1.82) is 0 Å². The predicted octanol–water partition coefficient (Wildman–Crippen LogP) is 5.02. The third kappa shape index (κ3) is 6.73. The summed E-state index contributed by atoms with van der Waals surface area (Å²) in [5, 5.41) is 0. The molecule has 0 saturated carbocycles. The zero-order valence-corrected chi connectivity index (χ0v) is 15.2. The summed E-state index contributed by atoms with van der Waals surface area (Å²) in [6.45, 7) is 7.05. The van der Waals surface area contributed by atoms with Crippen molar-refractivity contribution >= 4 is 11.9 Å². The van der Waals surface area contributed by atoms with Crippen LogP contribution in [-0.4, -0.2) is 25.2 Å². The molecule has 0 N–H and O–H groups in total. The van der Waals surface area contributed by atoms with Crippen molar-refractivity contribution < 1.29 is 19.1 Å². The third-order valence-corrected chi connectivity index (χ3v) is 4.20. The van der Waals surface area contributed by atoms with Crippen LogP contribution in [0.25, 0.3) is 0 Å². The summed E-state index contributed by atoms with van der Waals surface area (Å²) in [5.74, 6) is -0.561. The van der Waals surface area contributed by atoms with E-state index in [-0.39, 0.29) is 11.1 Å². The summed E-state index contributed by atoms with van der Waals surface area (Å²) < 4.78 is 10.7. The van der Waals surface area contributed by atoms with E-state index in [9.17, 15) is 9.59 Å². The highest BCUT2D eigenvalue weighted by Crippen LogP contribution is 2.15. The van der Waals surface area contributed by atoms with E-state index in [4.69, 9.17) is 9.47 Å². The van der Waals surface area contributed by atoms with Gasteiger partial charge in [0.2, 0.25) is 0 Å². The molecule has 1 aromatic carbocycles. The number of rotatable bonds is 11. The lowest BCUT2D eigenvalue weighted by atomic mass is 10.0. The van der Waals surface area contributed by atoms with Crippen LogP contribution < -0.4 is 0 Å². The van der Waals surface area contributed by atoms with Crippen molar-refractivity contribution in [2.24, 2.45) is 5.92 Å². The topological polar surface area (TPSA) is 52.6 Å². The van der Waals surface area contributed by atoms with Crippen LogP contribution >= 0.6 is 0 Å². The van der Waals surface area contributed by atoms with E-state index in [1.54, 1.807) is 24.3 Å². The number of carbonyl (C=O) groups is 2. The molecule has 134 valence electrons. The molecule has 1 aromatic rings. The summed E-state index contributed by atoms with van der Waals surface area (Å²) in [5.41, 5.74) is 0.560. The smallest absolute Gasteiger partial charge is 0.339 e. The van der Waals surface area contributed by atoms with Crippen LogP contribution in [0.5, 0.6) is 0 Å². The number of ether oxygens (including phenoxy) is 2. The lowest BCUT2D eigenvalue weighted by molar-refractivity contribution is 0.0408. The summed E-state index contributed by atoms with van der Waals surface area (Å²) in [6.07, 6.45) is 6.09. The van der Waals surface area contributed by atoms with Gasteiger partial charge in [0.05, 0.1) is 24.3 Å². The fraction of sp³-hybridized carbons (Fsp3) is 0.600. The molecule has 0 aliphatic heterocycles. The first-order chi connectivity index (χ1) is 11.6. The van der Waals surface area contributed by atoms with Crippen LogP contribution in [0.1, 0.15) is 80.0 Å². The highest BCUT2D eigenvalue weighted by atomic mass is 16.5. The van der Waals surface area contributed by atoms with E-state index in [0.717, 1.165) is 38.5 Å². The predicted molar refractivity (Wildman–Crippen MR) is 95.2 cm³/mol. The number of hydrogen-bond donors (Lipinski definition) is 0. The Hall–Kier alpha value is -1.84. The molecule has 0 radical (unpaired) electrons. The molecule has 0 saturated heterocycles. The molecular formula is C20H30O4. The fourth-order valence-corrected chi connectivity index (χ4v) is 2.41. The van der Waals surface area contributed by atoms with Crippen molar-refractivity contribution in [2.45, 2.75) is 59.3 Å². The van der Waals surface area contributed by atoms with Gasteiger partial charge < -0.3 is 9.47 Å². The lowest BCUT2D eigenvalue weighted by Gasteiger charge is -2.14. The molecule has 4 nitrogen and oxygen atoms in total. The van der Waals surface area contributed by atoms with Crippen molar-refractivity contribution in [3.8, 4) is 0 Å². The SMILES string of the molecule is CCCCCCOC(=O)c1ccccc1C(=O)OCC(CC)CC. The zero-order valence-electron chi connectivity index (χ0n) is 15.2. The second-order valence-corrected chi connectivity index (χ2v) is 6.02. The van der Waals surface area contributed by atoms with Gasteiger partial charge in [-0.25, -0.2) is 9.59 Å². The Morgan fingerprint density at radius 3 is 2.00 bits per heavy atom. The Bertz CT molecular complexity index is 506. The molecule has 1 rings (SSSR count). The van der Waals surface area contributed by atoms with Crippen molar-refractivity contribution in [3.63, 3.8) is 0 Å². The monoisotopic (exact) mass is 334 g/mol. The molecule has 0 bridgehead atoms. The lowest BCUT2D eigenvalue weighted by Crippen LogP contribution is -2.17. The maximum atomic E-state index is 12.3. The van der Waals surface area contributed by atoms with Gasteiger partial charge in [0.15, 0.2) is 0 Å². The van der Waals surface area contributed by atoms with Gasteiger partial charge in [0.1, 0.15) is 0 Å². The number of benzene rings is 1. The Morgan fingerprint density at radius 1 is 0.875 bits per heavy atom. The number of esters is 2. The minimum atomic E-state index is -0.458. The first-order valence-electron chi connectivity index (χ1n) is 9.07. The van der Waals surface area contributed by atoms with E-state index >= 15 is 0 Å². The summed E-state index contributed by atoms with van der Waals surface area (Å²) in [4.78, 5) is 24.5. The largest absolute Gasteiger partial charge is 0.462 e. The molecule has 4 heteroatoms. The Morgan fingerprint density at radius 2 is 1.46 bits per heavy atom. The molecule has 0 spiro atoms. The van der Waals surface area contributed by atoms with E-state index < -0.39 is 11.9 Å². The molecule has 0 aliphatic rings. The van der Waals surface area contributed by atoms with Crippen LogP contribution in [0, 0.1) is 5.92 Å². The van der Waals surface area contributed by atoms with Crippen LogP contribution in [-0.2, 0) is 9.47 Å². The van der Waals surface area contributed by atoms with Crippen LogP contribution in [0.3, 0.4) is 0 Å². The minimum absolute atomic E-state index is 0.280. The number of hydrogen-bond acceptors (Lipinski definition) is 4. The van der Waals surface area contributed by atoms with Gasteiger partial charge in [-0.15, -0.1) is 0 Å². The quantitative estimate of drug-likeness (QED) is 0.421. The average molecular weight is 334 g/mol. The van der Waals surface area contributed by atoms with E-state index in [0.29, 0.717) is 19.1 Å². The molecule has 0 heterocycles. The highest BCUT2D eigenvalue weighted by molar-refractivity contribution is 6.03. The van der Waals surface area contributed by atoms with Gasteiger partial charge >= 0.3 is 11.9 Å². The van der Waals surface area contributed by atoms with E-state index in [1.807, 2.05) is 0 Å². The summed E-state index contributed by atoms with van der Waals surface area (Å²) in [6, 6.07) is 6.68. The molecule has 0 fully saturated rings. The average Bonchev–Trinajstić information content (AvgIpc) is 2.62. The molecule has 0 aliphatic carbocycles. The summed E-state index contributed by atoms with van der Waals surface area (Å²) in [7, 11) is 0. The van der Waals surface area contributed by atoms with Gasteiger partial charge in [-0.1, -0.05) is 65.0 Å². The second kappa shape index (κ2) is 11.7. The van der Waals surface area contributed by atoms with Crippen LogP contribution in [0.15, 0.2) is 24.3 Å². The standard InChI is InChI=1S/C20H30O4/c1-4-7-8-11-14-23-19(21)17-12-9-10-13-18(17)20(22)24-15-16(5-2)6-3/h9-10,12-13,16H,4-8,11,14-15H2,1-3H3. The van der Waals surface area contributed by atoms with Crippen LogP contribution in [0.2, 0.25) is 0 Å². The normalized spacial score (nSPS) is 10.7. The maximum Gasteiger partial charge on any atom is 0.339 e. The first kappa shape index (κ1) is 20.2. The van der Waals surface area contributed by atoms with E-state index in [2.05, 4.69) is 20.8 Å². The molecule has 0 atom stereocenters. The minimum Gasteiger partial charge on any atom is -0.462 e. The zero-order chi connectivity index (χ0) is 17.8. The van der Waals surface area contributed by atoms with Gasteiger partial charge in [0, 0.05) is 0 Å². The van der Waals surface area contributed by atoms with Crippen molar-refractivity contribution in [3.05, 3.63) is 35.4 Å². The van der Waals surface area contributed by atoms with Gasteiger partial charge in [-0.05, 0) is 24.5 Å². The van der Waals surface area contributed by atoms with Gasteiger partial charge in [-0.3, -0.25) is 0 Å². The Labute approximate surface area is 145 Å². The molecule has 0 unspecified atom stereocenters. The number of carbonyl (C=O) groups excluding carboxylic acids is 2. The third-order valence-electron chi connectivity index (χ3n) is 4.20. The second-order valence-electron chi connectivity index (χ2n) is 6.02. The molecule has 0 amide bonds. The van der Waals surface area contributed by atoms with Crippen molar-refractivity contribution in [1.82, 2.24) is 0 Å². The fourth-order valence-electron chi connectivity index (χ4n) is 2.41. The van der Waals surface area contributed by atoms with E-state index in [1.165, 1.54) is 0 Å². The molecule has 0 aromatic heterocycles. The summed E-state index contributed by atoms with van der Waals surface area (Å²) >= 11 is 0. The van der Waals surface area contributed by atoms with Gasteiger partial charge in [-0.2, -0.15) is 0 Å². The Balaban J connectivity index is 2.62. The molecule has 24 heavy (non-hydrogen) atoms. The van der Waals surface area contributed by atoms with Crippen molar-refractivity contribution in [2.75, 3.05) is 13.2 Å². The molecular weight excluding hydrogens is 304 g/mol.